The summed E-state index contributed by atoms with van der Waals surface area (Å²) in [5.74, 6) is 1.61. The number of anilines is 3. The highest BCUT2D eigenvalue weighted by molar-refractivity contribution is 5.86. The lowest BCUT2D eigenvalue weighted by molar-refractivity contribution is 0.183. The standard InChI is InChI=1S/C26H30N8O2/c1-17-5-9-25(31-30-17)29-21-7-8-23-22(13-21)27-16-33(23)26-10-6-20(19(3)35)15-32(26)24-14-28-34(18(24)2)11-12-36-4/h5-10,13-14,16,19,35H,11-12,15H2,1-4H3,(H,29,31). The number of aromatic nitrogens is 6. The summed E-state index contributed by atoms with van der Waals surface area (Å²) in [7, 11) is 1.68. The molecule has 0 bridgehead atoms. The number of methoxy groups -OCH3 is 1. The van der Waals surface area contributed by atoms with Gasteiger partial charge in [0.15, 0.2) is 5.82 Å². The summed E-state index contributed by atoms with van der Waals surface area (Å²) in [5, 5.41) is 26.4. The van der Waals surface area contributed by atoms with Crippen LogP contribution in [0.4, 0.5) is 17.2 Å². The summed E-state index contributed by atoms with van der Waals surface area (Å²) >= 11 is 0. The number of fused-ring (bicyclic) bond motifs is 1. The lowest BCUT2D eigenvalue weighted by Gasteiger charge is -2.32. The van der Waals surface area contributed by atoms with Gasteiger partial charge in [-0.05, 0) is 62.8 Å². The van der Waals surface area contributed by atoms with E-state index in [0.29, 0.717) is 25.5 Å². The van der Waals surface area contributed by atoms with E-state index in [2.05, 4.69) is 35.1 Å². The van der Waals surface area contributed by atoms with Crippen LogP contribution < -0.4 is 10.2 Å². The highest BCUT2D eigenvalue weighted by atomic mass is 16.5. The largest absolute Gasteiger partial charge is 0.389 e. The van der Waals surface area contributed by atoms with E-state index >= 15 is 0 Å². The molecule has 2 N–H and O–H groups in total. The molecule has 3 aromatic heterocycles. The van der Waals surface area contributed by atoms with Crippen LogP contribution in [0, 0.1) is 13.8 Å². The molecule has 0 saturated heterocycles. The summed E-state index contributed by atoms with van der Waals surface area (Å²) in [6, 6.07) is 9.85. The van der Waals surface area contributed by atoms with E-state index in [1.54, 1.807) is 14.0 Å². The Balaban J connectivity index is 1.50. The molecule has 0 fully saturated rings. The number of benzene rings is 1. The number of aliphatic hydroxyl groups excluding tert-OH is 1. The number of allylic oxidation sites excluding steroid dienone is 2. The summed E-state index contributed by atoms with van der Waals surface area (Å²) in [6.45, 7) is 7.55. The molecule has 5 rings (SSSR count). The fourth-order valence-electron chi connectivity index (χ4n) is 4.27. The summed E-state index contributed by atoms with van der Waals surface area (Å²) in [5.41, 5.74) is 6.49. The first kappa shape index (κ1) is 23.7. The Hall–Kier alpha value is -4.02. The first-order valence-corrected chi connectivity index (χ1v) is 11.9. The van der Waals surface area contributed by atoms with Crippen molar-refractivity contribution in [3.05, 3.63) is 72.0 Å². The van der Waals surface area contributed by atoms with Crippen molar-refractivity contribution >= 4 is 34.0 Å². The van der Waals surface area contributed by atoms with Gasteiger partial charge in [0.1, 0.15) is 12.1 Å². The van der Waals surface area contributed by atoms with Crippen LogP contribution in [0.3, 0.4) is 0 Å². The Morgan fingerprint density at radius 1 is 1.14 bits per heavy atom. The number of imidazole rings is 1. The molecule has 10 nitrogen and oxygen atoms in total. The van der Waals surface area contributed by atoms with Crippen molar-refractivity contribution in [1.29, 1.82) is 0 Å². The third-order valence-electron chi connectivity index (χ3n) is 6.34. The van der Waals surface area contributed by atoms with Crippen molar-refractivity contribution in [2.45, 2.75) is 33.4 Å². The number of rotatable bonds is 8. The maximum Gasteiger partial charge on any atom is 0.153 e. The van der Waals surface area contributed by atoms with Crippen molar-refractivity contribution in [3.8, 4) is 0 Å². The molecule has 1 atom stereocenters. The molecule has 4 aromatic rings. The first-order chi connectivity index (χ1) is 17.4. The number of nitrogens with zero attached hydrogens (tertiary/aromatic N) is 7. The van der Waals surface area contributed by atoms with E-state index in [1.807, 2.05) is 73.5 Å². The zero-order chi connectivity index (χ0) is 25.2. The van der Waals surface area contributed by atoms with Crippen molar-refractivity contribution in [2.75, 3.05) is 30.5 Å². The van der Waals surface area contributed by atoms with Crippen LogP contribution in [0.25, 0.3) is 16.9 Å². The molecule has 0 aliphatic carbocycles. The Bertz CT molecular complexity index is 1430. The zero-order valence-corrected chi connectivity index (χ0v) is 20.9. The summed E-state index contributed by atoms with van der Waals surface area (Å²) < 4.78 is 9.23. The number of ether oxygens (including phenoxy) is 1. The van der Waals surface area contributed by atoms with Crippen LogP contribution in [-0.4, -0.2) is 61.0 Å². The van der Waals surface area contributed by atoms with Crippen LogP contribution in [0.15, 0.2) is 60.6 Å². The minimum Gasteiger partial charge on any atom is -0.389 e. The van der Waals surface area contributed by atoms with Gasteiger partial charge in [-0.1, -0.05) is 6.08 Å². The topological polar surface area (TPSA) is 106 Å². The highest BCUT2D eigenvalue weighted by Crippen LogP contribution is 2.32. The number of hydrogen-bond donors (Lipinski definition) is 2. The van der Waals surface area contributed by atoms with Gasteiger partial charge in [0.25, 0.3) is 0 Å². The smallest absolute Gasteiger partial charge is 0.153 e. The average molecular weight is 487 g/mol. The molecule has 0 amide bonds. The van der Waals surface area contributed by atoms with Crippen LogP contribution >= 0.6 is 0 Å². The van der Waals surface area contributed by atoms with E-state index in [9.17, 15) is 5.11 Å². The second kappa shape index (κ2) is 9.92. The van der Waals surface area contributed by atoms with Gasteiger partial charge in [-0.25, -0.2) is 4.98 Å². The monoisotopic (exact) mass is 486 g/mol. The lowest BCUT2D eigenvalue weighted by atomic mass is 10.1. The number of nitrogens with one attached hydrogen (secondary N) is 1. The van der Waals surface area contributed by atoms with Crippen LogP contribution in [0.1, 0.15) is 18.3 Å². The molecule has 186 valence electrons. The molecule has 4 heterocycles. The number of aliphatic hydroxyl groups is 1. The minimum atomic E-state index is -0.549. The van der Waals surface area contributed by atoms with E-state index in [0.717, 1.165) is 45.2 Å². The molecule has 1 aliphatic heterocycles. The van der Waals surface area contributed by atoms with Crippen LogP contribution in [0.5, 0.6) is 0 Å². The van der Waals surface area contributed by atoms with Crippen LogP contribution in [-0.2, 0) is 11.3 Å². The van der Waals surface area contributed by atoms with Gasteiger partial charge in [-0.15, -0.1) is 5.10 Å². The van der Waals surface area contributed by atoms with E-state index in [-0.39, 0.29) is 0 Å². The fraction of sp³-hybridized carbons (Fsp3) is 0.308. The minimum absolute atomic E-state index is 0.547. The van der Waals surface area contributed by atoms with Crippen molar-refractivity contribution in [3.63, 3.8) is 0 Å². The molecule has 0 saturated carbocycles. The molecule has 36 heavy (non-hydrogen) atoms. The van der Waals surface area contributed by atoms with Gasteiger partial charge in [-0.2, -0.15) is 10.2 Å². The Morgan fingerprint density at radius 2 is 2.00 bits per heavy atom. The first-order valence-electron chi connectivity index (χ1n) is 11.9. The quantitative estimate of drug-likeness (QED) is 0.389. The molecule has 1 aliphatic rings. The SMILES string of the molecule is COCCn1ncc(N2CC(C(C)O)=CC=C2n2cnc3cc(Nc4ccc(C)nn4)ccc32)c1C. The molecule has 10 heteroatoms. The predicted octanol–water partition coefficient (Wildman–Crippen LogP) is 3.66. The maximum absolute atomic E-state index is 10.3. The van der Waals surface area contributed by atoms with Gasteiger partial charge in [0, 0.05) is 19.3 Å². The molecule has 1 unspecified atom stereocenters. The third kappa shape index (κ3) is 4.60. The van der Waals surface area contributed by atoms with Crippen molar-refractivity contribution in [2.24, 2.45) is 0 Å². The second-order valence-corrected chi connectivity index (χ2v) is 8.86. The fourth-order valence-corrected chi connectivity index (χ4v) is 4.27. The van der Waals surface area contributed by atoms with Crippen molar-refractivity contribution < 1.29 is 9.84 Å². The zero-order valence-electron chi connectivity index (χ0n) is 20.9. The highest BCUT2D eigenvalue weighted by Gasteiger charge is 2.25. The van der Waals surface area contributed by atoms with Crippen LogP contribution in [0.2, 0.25) is 0 Å². The van der Waals surface area contributed by atoms with Gasteiger partial charge in [-0.3, -0.25) is 9.25 Å². The van der Waals surface area contributed by atoms with E-state index in [1.165, 1.54) is 0 Å². The Morgan fingerprint density at radius 3 is 2.75 bits per heavy atom. The number of aryl methyl sites for hydroxylation is 1. The van der Waals surface area contributed by atoms with Crippen molar-refractivity contribution in [1.82, 2.24) is 29.5 Å². The molecule has 0 radical (unpaired) electrons. The van der Waals surface area contributed by atoms with E-state index in [4.69, 9.17) is 4.74 Å². The Kier molecular flexibility index (Phi) is 6.53. The molecular weight excluding hydrogens is 456 g/mol. The molecular formula is C26H30N8O2. The second-order valence-electron chi connectivity index (χ2n) is 8.86. The summed E-state index contributed by atoms with van der Waals surface area (Å²) in [6.07, 6.45) is 7.15. The molecule has 0 spiro atoms. The average Bonchev–Trinajstić information content (AvgIpc) is 3.46. The van der Waals surface area contributed by atoms with Gasteiger partial charge in [0.05, 0.1) is 53.6 Å². The van der Waals surface area contributed by atoms with Gasteiger partial charge >= 0.3 is 0 Å². The normalized spacial score (nSPS) is 14.6. The maximum atomic E-state index is 10.3. The Labute approximate surface area is 209 Å². The van der Waals surface area contributed by atoms with E-state index < -0.39 is 6.10 Å². The summed E-state index contributed by atoms with van der Waals surface area (Å²) in [4.78, 5) is 6.84. The van der Waals surface area contributed by atoms with Gasteiger partial charge < -0.3 is 20.1 Å². The predicted molar refractivity (Wildman–Crippen MR) is 140 cm³/mol. The number of hydrogen-bond acceptors (Lipinski definition) is 8. The molecule has 1 aromatic carbocycles. The van der Waals surface area contributed by atoms with Gasteiger partial charge in [0.2, 0.25) is 0 Å². The third-order valence-corrected chi connectivity index (χ3v) is 6.34. The lowest BCUT2D eigenvalue weighted by Crippen LogP contribution is -2.32.